The highest BCUT2D eigenvalue weighted by atomic mass is 15.2. The van der Waals surface area contributed by atoms with Crippen LogP contribution in [-0.2, 0) is 6.42 Å². The fourth-order valence-electron chi connectivity index (χ4n) is 2.79. The summed E-state index contributed by atoms with van der Waals surface area (Å²) in [5, 5.41) is 9.10. The minimum Gasteiger partial charge on any atom is -0.396 e. The summed E-state index contributed by atoms with van der Waals surface area (Å²) < 4.78 is 0. The number of hydrogen-bond donors (Lipinski definition) is 1. The molecule has 1 aliphatic heterocycles. The molecule has 2 aromatic carbocycles. The molecule has 0 saturated carbocycles. The van der Waals surface area contributed by atoms with Crippen LogP contribution in [0.15, 0.2) is 42.5 Å². The lowest BCUT2D eigenvalue weighted by atomic mass is 10.1. The summed E-state index contributed by atoms with van der Waals surface area (Å²) in [5.41, 5.74) is 10.7. The van der Waals surface area contributed by atoms with Crippen molar-refractivity contribution in [2.75, 3.05) is 10.6 Å². The van der Waals surface area contributed by atoms with Gasteiger partial charge in [-0.25, -0.2) is 0 Å². The second kappa shape index (κ2) is 4.33. The summed E-state index contributed by atoms with van der Waals surface area (Å²) in [6.07, 6.45) is 1.01. The van der Waals surface area contributed by atoms with Gasteiger partial charge < -0.3 is 10.6 Å². The molecule has 0 amide bonds. The minimum atomic E-state index is 0.355. The Balaban J connectivity index is 2.16. The van der Waals surface area contributed by atoms with Crippen LogP contribution in [0.1, 0.15) is 18.1 Å². The molecule has 3 nitrogen and oxygen atoms in total. The number of nitrogen functional groups attached to an aromatic ring is 1. The van der Waals surface area contributed by atoms with E-state index in [9.17, 15) is 0 Å². The Hall–Kier alpha value is -2.47. The number of rotatable bonds is 1. The van der Waals surface area contributed by atoms with Crippen LogP contribution >= 0.6 is 0 Å². The van der Waals surface area contributed by atoms with Gasteiger partial charge in [-0.15, -0.1) is 0 Å². The lowest BCUT2D eigenvalue weighted by Crippen LogP contribution is -2.25. The first-order valence-corrected chi connectivity index (χ1v) is 6.38. The second-order valence-electron chi connectivity index (χ2n) is 4.90. The largest absolute Gasteiger partial charge is 0.396 e. The Morgan fingerprint density at radius 2 is 1.89 bits per heavy atom. The van der Waals surface area contributed by atoms with Crippen LogP contribution in [0.3, 0.4) is 0 Å². The molecule has 1 atom stereocenters. The van der Waals surface area contributed by atoms with Gasteiger partial charge in [-0.1, -0.05) is 24.3 Å². The van der Waals surface area contributed by atoms with Crippen molar-refractivity contribution in [3.63, 3.8) is 0 Å². The van der Waals surface area contributed by atoms with Crippen molar-refractivity contribution in [2.24, 2.45) is 0 Å². The highest BCUT2D eigenvalue weighted by Gasteiger charge is 2.28. The normalized spacial score (nSPS) is 17.1. The van der Waals surface area contributed by atoms with Crippen molar-refractivity contribution in [3.05, 3.63) is 53.6 Å². The zero-order valence-corrected chi connectivity index (χ0v) is 10.8. The summed E-state index contributed by atoms with van der Waals surface area (Å²) in [5.74, 6) is 0. The summed E-state index contributed by atoms with van der Waals surface area (Å²) in [4.78, 5) is 2.23. The number of hydrogen-bond acceptors (Lipinski definition) is 3. The lowest BCUT2D eigenvalue weighted by molar-refractivity contribution is 0.759. The van der Waals surface area contributed by atoms with Crippen LogP contribution < -0.4 is 10.6 Å². The van der Waals surface area contributed by atoms with E-state index in [-0.39, 0.29) is 0 Å². The molecule has 2 N–H and O–H groups in total. The molecular weight excluding hydrogens is 234 g/mol. The Morgan fingerprint density at radius 1 is 1.16 bits per heavy atom. The van der Waals surface area contributed by atoms with Gasteiger partial charge in [0.25, 0.3) is 0 Å². The van der Waals surface area contributed by atoms with E-state index in [2.05, 4.69) is 36.1 Å². The van der Waals surface area contributed by atoms with Gasteiger partial charge in [0.2, 0.25) is 0 Å². The van der Waals surface area contributed by atoms with Crippen LogP contribution in [0.2, 0.25) is 0 Å². The van der Waals surface area contributed by atoms with E-state index in [0.29, 0.717) is 17.3 Å². The molecule has 0 radical (unpaired) electrons. The Bertz CT molecular complexity index is 670. The molecule has 19 heavy (non-hydrogen) atoms. The summed E-state index contributed by atoms with van der Waals surface area (Å²) in [7, 11) is 0. The average molecular weight is 249 g/mol. The topological polar surface area (TPSA) is 53.0 Å². The minimum absolute atomic E-state index is 0.355. The molecule has 0 fully saturated rings. The molecule has 94 valence electrons. The van der Waals surface area contributed by atoms with Crippen molar-refractivity contribution in [1.82, 2.24) is 0 Å². The molecule has 2 aromatic rings. The number of benzene rings is 2. The summed E-state index contributed by atoms with van der Waals surface area (Å²) in [6.45, 7) is 2.18. The van der Waals surface area contributed by atoms with Crippen LogP contribution in [0.4, 0.5) is 17.1 Å². The predicted octanol–water partition coefficient (Wildman–Crippen LogP) is 3.22. The molecule has 1 unspecified atom stereocenters. The van der Waals surface area contributed by atoms with Gasteiger partial charge in [0.15, 0.2) is 0 Å². The van der Waals surface area contributed by atoms with Gasteiger partial charge in [-0.3, -0.25) is 0 Å². The van der Waals surface area contributed by atoms with E-state index in [1.165, 1.54) is 11.3 Å². The lowest BCUT2D eigenvalue weighted by Gasteiger charge is -2.26. The first-order valence-electron chi connectivity index (χ1n) is 6.38. The third kappa shape index (κ3) is 1.73. The van der Waals surface area contributed by atoms with Gasteiger partial charge in [0.1, 0.15) is 6.07 Å². The second-order valence-corrected chi connectivity index (χ2v) is 4.90. The van der Waals surface area contributed by atoms with Crippen LogP contribution in [0, 0.1) is 11.3 Å². The first kappa shape index (κ1) is 11.6. The average Bonchev–Trinajstić information content (AvgIpc) is 2.75. The molecule has 0 bridgehead atoms. The predicted molar refractivity (Wildman–Crippen MR) is 77.3 cm³/mol. The van der Waals surface area contributed by atoms with E-state index in [4.69, 9.17) is 11.0 Å². The maximum absolute atomic E-state index is 9.10. The van der Waals surface area contributed by atoms with Gasteiger partial charge >= 0.3 is 0 Å². The van der Waals surface area contributed by atoms with Crippen LogP contribution in [0.25, 0.3) is 0 Å². The summed E-state index contributed by atoms with van der Waals surface area (Å²) >= 11 is 0. The number of anilines is 3. The van der Waals surface area contributed by atoms with Gasteiger partial charge in [0.05, 0.1) is 16.9 Å². The van der Waals surface area contributed by atoms with E-state index in [0.717, 1.165) is 12.1 Å². The first-order chi connectivity index (χ1) is 9.22. The fraction of sp³-hybridized carbons (Fsp3) is 0.188. The SMILES string of the molecule is CC1Cc2ccccc2N1c1cccc(C#N)c1N. The monoisotopic (exact) mass is 249 g/mol. The van der Waals surface area contributed by atoms with E-state index in [1.807, 2.05) is 18.2 Å². The van der Waals surface area contributed by atoms with Crippen molar-refractivity contribution in [1.29, 1.82) is 5.26 Å². The van der Waals surface area contributed by atoms with Crippen molar-refractivity contribution >= 4 is 17.1 Å². The highest BCUT2D eigenvalue weighted by molar-refractivity contribution is 5.82. The summed E-state index contributed by atoms with van der Waals surface area (Å²) in [6, 6.07) is 16.5. The number of nitrogens with zero attached hydrogens (tertiary/aromatic N) is 2. The molecule has 1 heterocycles. The van der Waals surface area contributed by atoms with Crippen LogP contribution in [0.5, 0.6) is 0 Å². The van der Waals surface area contributed by atoms with E-state index >= 15 is 0 Å². The third-order valence-electron chi connectivity index (χ3n) is 3.67. The molecule has 3 rings (SSSR count). The highest BCUT2D eigenvalue weighted by Crippen LogP contribution is 2.41. The Morgan fingerprint density at radius 3 is 2.68 bits per heavy atom. The molecule has 0 aliphatic carbocycles. The zero-order valence-electron chi connectivity index (χ0n) is 10.8. The molecule has 0 saturated heterocycles. The van der Waals surface area contributed by atoms with E-state index in [1.54, 1.807) is 6.07 Å². The quantitative estimate of drug-likeness (QED) is 0.789. The Kier molecular flexibility index (Phi) is 2.64. The van der Waals surface area contributed by atoms with Crippen molar-refractivity contribution in [2.45, 2.75) is 19.4 Å². The third-order valence-corrected chi connectivity index (χ3v) is 3.67. The smallest absolute Gasteiger partial charge is 0.101 e. The number of nitrogens with two attached hydrogens (primary N) is 1. The molecular formula is C16H15N3. The van der Waals surface area contributed by atoms with Crippen molar-refractivity contribution in [3.8, 4) is 6.07 Å². The zero-order chi connectivity index (χ0) is 13.4. The Labute approximate surface area is 112 Å². The van der Waals surface area contributed by atoms with Gasteiger partial charge in [0, 0.05) is 11.7 Å². The molecule has 0 aromatic heterocycles. The number of para-hydroxylation sites is 2. The van der Waals surface area contributed by atoms with Gasteiger partial charge in [-0.2, -0.15) is 5.26 Å². The van der Waals surface area contributed by atoms with E-state index < -0.39 is 0 Å². The van der Waals surface area contributed by atoms with Crippen molar-refractivity contribution < 1.29 is 0 Å². The number of nitriles is 1. The number of fused-ring (bicyclic) bond motifs is 1. The maximum atomic E-state index is 9.10. The van der Waals surface area contributed by atoms with Gasteiger partial charge in [-0.05, 0) is 37.1 Å². The molecule has 0 spiro atoms. The fourth-order valence-corrected chi connectivity index (χ4v) is 2.79. The standard InChI is InChI=1S/C16H15N3/c1-11-9-12-5-2-3-7-14(12)19(11)15-8-4-6-13(10-17)16(15)18/h2-8,11H,9,18H2,1H3. The van der Waals surface area contributed by atoms with Crippen LogP contribution in [-0.4, -0.2) is 6.04 Å². The maximum Gasteiger partial charge on any atom is 0.101 e. The molecule has 1 aliphatic rings. The molecule has 3 heteroatoms.